The molecule has 8 heteroatoms. The number of rotatable bonds is 6. The van der Waals surface area contributed by atoms with E-state index in [2.05, 4.69) is 15.2 Å². The monoisotopic (exact) mass is 327 g/mol. The number of H-pyrrole nitrogens is 1. The number of aromatic nitrogens is 3. The Bertz CT molecular complexity index is 850. The summed E-state index contributed by atoms with van der Waals surface area (Å²) in [7, 11) is 1.57. The minimum atomic E-state index is -0.534. The van der Waals surface area contributed by atoms with Gasteiger partial charge in [0.2, 0.25) is 5.78 Å². The lowest BCUT2D eigenvalue weighted by Crippen LogP contribution is -1.95. The van der Waals surface area contributed by atoms with Gasteiger partial charge in [0.15, 0.2) is 23.1 Å². The van der Waals surface area contributed by atoms with E-state index in [9.17, 15) is 9.90 Å². The SMILES string of the molecule is COc1ccc(Oc2coc(C(=O)C=C(O)c3ncn[nH]3)c2)cc1. The number of methoxy groups -OCH3 is 1. The molecule has 2 aromatic heterocycles. The van der Waals surface area contributed by atoms with Gasteiger partial charge in [-0.2, -0.15) is 5.10 Å². The fraction of sp³-hybridized carbons (Fsp3) is 0.0625. The van der Waals surface area contributed by atoms with Gasteiger partial charge >= 0.3 is 0 Å². The highest BCUT2D eigenvalue weighted by atomic mass is 16.5. The van der Waals surface area contributed by atoms with Crippen LogP contribution < -0.4 is 9.47 Å². The van der Waals surface area contributed by atoms with Crippen molar-refractivity contribution in [2.45, 2.75) is 0 Å². The first kappa shape index (κ1) is 15.3. The zero-order valence-corrected chi connectivity index (χ0v) is 12.6. The number of nitrogens with zero attached hydrogens (tertiary/aromatic N) is 2. The van der Waals surface area contributed by atoms with E-state index in [0.29, 0.717) is 17.2 Å². The van der Waals surface area contributed by atoms with Crippen LogP contribution in [0.1, 0.15) is 16.4 Å². The highest BCUT2D eigenvalue weighted by molar-refractivity contribution is 6.05. The molecule has 0 aliphatic carbocycles. The summed E-state index contributed by atoms with van der Waals surface area (Å²) < 4.78 is 15.8. The maximum atomic E-state index is 12.0. The Kier molecular flexibility index (Phi) is 4.28. The minimum absolute atomic E-state index is 0.0181. The van der Waals surface area contributed by atoms with Crippen molar-refractivity contribution in [3.63, 3.8) is 0 Å². The van der Waals surface area contributed by atoms with E-state index < -0.39 is 5.78 Å². The van der Waals surface area contributed by atoms with Crippen LogP contribution in [0.5, 0.6) is 17.2 Å². The van der Waals surface area contributed by atoms with Crippen LogP contribution in [0, 0.1) is 0 Å². The molecule has 1 aromatic carbocycles. The number of hydrogen-bond acceptors (Lipinski definition) is 7. The third kappa shape index (κ3) is 3.43. The molecule has 0 unspecified atom stereocenters. The fourth-order valence-electron chi connectivity index (χ4n) is 1.87. The Morgan fingerprint density at radius 1 is 1.25 bits per heavy atom. The second-order valence-electron chi connectivity index (χ2n) is 4.65. The lowest BCUT2D eigenvalue weighted by molar-refractivity contribution is 0.102. The summed E-state index contributed by atoms with van der Waals surface area (Å²) in [6, 6.07) is 8.38. The number of benzene rings is 1. The topological polar surface area (TPSA) is 110 Å². The molecule has 0 aliphatic heterocycles. The molecule has 3 rings (SSSR count). The van der Waals surface area contributed by atoms with Crippen LogP contribution >= 0.6 is 0 Å². The maximum Gasteiger partial charge on any atom is 0.224 e. The second-order valence-corrected chi connectivity index (χ2v) is 4.65. The summed E-state index contributed by atoms with van der Waals surface area (Å²) >= 11 is 0. The van der Waals surface area contributed by atoms with Crippen molar-refractivity contribution in [3.05, 3.63) is 60.6 Å². The van der Waals surface area contributed by atoms with Crippen LogP contribution in [-0.2, 0) is 0 Å². The number of aromatic amines is 1. The molecule has 2 heterocycles. The molecular weight excluding hydrogens is 314 g/mol. The predicted molar refractivity (Wildman–Crippen MR) is 83.1 cm³/mol. The molecule has 0 spiro atoms. The molecule has 0 saturated carbocycles. The number of aliphatic hydroxyl groups is 1. The van der Waals surface area contributed by atoms with E-state index in [4.69, 9.17) is 13.9 Å². The summed E-state index contributed by atoms with van der Waals surface area (Å²) in [5.74, 6) is 0.861. The predicted octanol–water partition coefficient (Wildman–Crippen LogP) is 2.98. The van der Waals surface area contributed by atoms with Crippen LogP contribution in [0.2, 0.25) is 0 Å². The van der Waals surface area contributed by atoms with Gasteiger partial charge in [0.25, 0.3) is 0 Å². The minimum Gasteiger partial charge on any atom is -0.504 e. The molecule has 0 aliphatic rings. The van der Waals surface area contributed by atoms with Gasteiger partial charge in [-0.3, -0.25) is 9.89 Å². The van der Waals surface area contributed by atoms with Gasteiger partial charge in [-0.05, 0) is 24.3 Å². The van der Waals surface area contributed by atoms with Crippen LogP contribution in [0.4, 0.5) is 0 Å². The summed E-state index contributed by atoms with van der Waals surface area (Å²) in [5.41, 5.74) is 0. The average molecular weight is 327 g/mol. The Morgan fingerprint density at radius 2 is 2.00 bits per heavy atom. The van der Waals surface area contributed by atoms with Crippen molar-refractivity contribution in [2.75, 3.05) is 7.11 Å². The molecule has 0 radical (unpaired) electrons. The number of carbonyl (C=O) groups excluding carboxylic acids is 1. The van der Waals surface area contributed by atoms with Gasteiger partial charge in [0.05, 0.1) is 7.11 Å². The largest absolute Gasteiger partial charge is 0.504 e. The first-order chi connectivity index (χ1) is 11.7. The number of ketones is 1. The number of nitrogens with one attached hydrogen (secondary N) is 1. The van der Waals surface area contributed by atoms with E-state index in [0.717, 1.165) is 6.08 Å². The second kappa shape index (κ2) is 6.69. The van der Waals surface area contributed by atoms with Crippen LogP contribution in [0.25, 0.3) is 5.76 Å². The van der Waals surface area contributed by atoms with Gasteiger partial charge in [0.1, 0.15) is 24.1 Å². The number of hydrogen-bond donors (Lipinski definition) is 2. The third-order valence-electron chi connectivity index (χ3n) is 3.04. The molecule has 122 valence electrons. The van der Waals surface area contributed by atoms with Crippen molar-refractivity contribution in [3.8, 4) is 17.2 Å². The molecule has 3 aromatic rings. The number of ether oxygens (including phenoxy) is 2. The standard InChI is InChI=1S/C16H13N3O5/c1-22-10-2-4-11(5-3-10)24-12-6-15(23-8-12)13(20)7-14(21)16-17-9-18-19-16/h2-9,21H,1H3,(H,17,18,19). The van der Waals surface area contributed by atoms with Crippen molar-refractivity contribution in [2.24, 2.45) is 0 Å². The van der Waals surface area contributed by atoms with Crippen molar-refractivity contribution in [1.82, 2.24) is 15.2 Å². The summed E-state index contributed by atoms with van der Waals surface area (Å²) in [5, 5.41) is 15.8. The molecule has 0 atom stereocenters. The van der Waals surface area contributed by atoms with E-state index >= 15 is 0 Å². The summed E-state index contributed by atoms with van der Waals surface area (Å²) in [6.07, 6.45) is 3.50. The van der Waals surface area contributed by atoms with Crippen LogP contribution in [0.15, 0.2) is 53.4 Å². The lowest BCUT2D eigenvalue weighted by Gasteiger charge is -2.03. The maximum absolute atomic E-state index is 12.0. The quantitative estimate of drug-likeness (QED) is 0.407. The van der Waals surface area contributed by atoms with Gasteiger partial charge in [0, 0.05) is 12.1 Å². The number of aliphatic hydroxyl groups excluding tert-OH is 1. The molecule has 0 bridgehead atoms. The fourth-order valence-corrected chi connectivity index (χ4v) is 1.87. The first-order valence-electron chi connectivity index (χ1n) is 6.87. The molecular formula is C16H13N3O5. The van der Waals surface area contributed by atoms with Gasteiger partial charge in [-0.15, -0.1) is 0 Å². The lowest BCUT2D eigenvalue weighted by atomic mass is 10.2. The van der Waals surface area contributed by atoms with Crippen molar-refractivity contribution < 1.29 is 23.8 Å². The number of carbonyl (C=O) groups is 1. The molecule has 8 nitrogen and oxygen atoms in total. The van der Waals surface area contributed by atoms with Crippen LogP contribution in [-0.4, -0.2) is 33.2 Å². The zero-order chi connectivity index (χ0) is 16.9. The first-order valence-corrected chi connectivity index (χ1v) is 6.87. The van der Waals surface area contributed by atoms with E-state index in [-0.39, 0.29) is 17.3 Å². The van der Waals surface area contributed by atoms with E-state index in [1.54, 1.807) is 31.4 Å². The smallest absolute Gasteiger partial charge is 0.224 e. The van der Waals surface area contributed by atoms with Gasteiger partial charge < -0.3 is 19.0 Å². The molecule has 0 saturated heterocycles. The molecule has 24 heavy (non-hydrogen) atoms. The normalized spacial score (nSPS) is 11.3. The Labute approximate surface area is 136 Å². The molecule has 0 fully saturated rings. The summed E-state index contributed by atoms with van der Waals surface area (Å²) in [4.78, 5) is 15.8. The zero-order valence-electron chi connectivity index (χ0n) is 12.6. The Hall–Kier alpha value is -3.55. The van der Waals surface area contributed by atoms with Crippen LogP contribution in [0.3, 0.4) is 0 Å². The molecule has 2 N–H and O–H groups in total. The van der Waals surface area contributed by atoms with Gasteiger partial charge in [-0.25, -0.2) is 4.98 Å². The highest BCUT2D eigenvalue weighted by Gasteiger charge is 2.13. The van der Waals surface area contributed by atoms with Gasteiger partial charge in [-0.1, -0.05) is 0 Å². The average Bonchev–Trinajstić information content (AvgIpc) is 3.27. The van der Waals surface area contributed by atoms with Crippen molar-refractivity contribution in [1.29, 1.82) is 0 Å². The van der Waals surface area contributed by atoms with E-state index in [1.165, 1.54) is 18.7 Å². The Balaban J connectivity index is 1.70. The Morgan fingerprint density at radius 3 is 2.67 bits per heavy atom. The highest BCUT2D eigenvalue weighted by Crippen LogP contribution is 2.26. The molecule has 0 amide bonds. The third-order valence-corrected chi connectivity index (χ3v) is 3.04. The summed E-state index contributed by atoms with van der Waals surface area (Å²) in [6.45, 7) is 0. The van der Waals surface area contributed by atoms with E-state index in [1.807, 2.05) is 0 Å². The number of furan rings is 1. The number of allylic oxidation sites excluding steroid dienone is 1. The van der Waals surface area contributed by atoms with Crippen molar-refractivity contribution >= 4 is 11.5 Å².